The second-order valence-corrected chi connectivity index (χ2v) is 2.40. The fourth-order valence-electron chi connectivity index (χ4n) is 0.821. The van der Waals surface area contributed by atoms with Gasteiger partial charge >= 0.3 is 11.9 Å². The molecule has 0 radical (unpaired) electrons. The first-order chi connectivity index (χ1) is 7.24. The summed E-state index contributed by atoms with van der Waals surface area (Å²) < 4.78 is 4.28. The van der Waals surface area contributed by atoms with Crippen LogP contribution in [-0.4, -0.2) is 18.0 Å². The number of carbonyl (C=O) groups is 2. The van der Waals surface area contributed by atoms with Crippen LogP contribution in [0, 0.1) is 0 Å². The fraction of sp³-hybridized carbons (Fsp3) is 0.500. The molecule has 0 amide bonds. The zero-order valence-electron chi connectivity index (χ0n) is 7.48. The van der Waals surface area contributed by atoms with E-state index in [0.717, 1.165) is 0 Å². The van der Waals surface area contributed by atoms with E-state index in [-0.39, 0.29) is 6.42 Å². The molecular formula is C4H10N8O3. The van der Waals surface area contributed by atoms with Crippen LogP contribution in [0.15, 0.2) is 10.4 Å². The number of esters is 2. The van der Waals surface area contributed by atoms with Gasteiger partial charge in [-0.25, -0.2) is 15.8 Å². The van der Waals surface area contributed by atoms with E-state index in [2.05, 4.69) is 48.6 Å². The lowest BCUT2D eigenvalue weighted by Gasteiger charge is -2.10. The first-order valence-electron chi connectivity index (χ1n) is 3.84. The molecule has 0 aromatic heterocycles. The SMILES string of the molecule is N/N=N/NNNNNC1CC(=O)OC1=O. The van der Waals surface area contributed by atoms with Gasteiger partial charge in [-0.15, -0.1) is 5.53 Å². The van der Waals surface area contributed by atoms with Gasteiger partial charge in [-0.3, -0.25) is 4.79 Å². The quantitative estimate of drug-likeness (QED) is 0.0670. The van der Waals surface area contributed by atoms with Crippen LogP contribution >= 0.6 is 0 Å². The molecule has 0 bridgehead atoms. The predicted molar refractivity (Wildman–Crippen MR) is 44.2 cm³/mol. The molecule has 0 saturated carbocycles. The number of hydrogen-bond donors (Lipinski definition) is 6. The van der Waals surface area contributed by atoms with Gasteiger partial charge in [-0.05, 0) is 5.22 Å². The van der Waals surface area contributed by atoms with Crippen LogP contribution in [0.25, 0.3) is 0 Å². The van der Waals surface area contributed by atoms with Crippen LogP contribution < -0.4 is 33.4 Å². The molecule has 0 spiro atoms. The summed E-state index contributed by atoms with van der Waals surface area (Å²) in [5, 5.41) is 6.01. The van der Waals surface area contributed by atoms with E-state index in [1.54, 1.807) is 0 Å². The normalized spacial score (nSPS) is 20.9. The summed E-state index contributed by atoms with van der Waals surface area (Å²) in [6.45, 7) is 0. The molecule has 1 saturated heterocycles. The molecule has 1 fully saturated rings. The van der Waals surface area contributed by atoms with Crippen molar-refractivity contribution >= 4 is 11.9 Å². The lowest BCUT2D eigenvalue weighted by molar-refractivity contribution is -0.152. The van der Waals surface area contributed by atoms with Gasteiger partial charge in [0.1, 0.15) is 6.04 Å². The summed E-state index contributed by atoms with van der Waals surface area (Å²) in [6.07, 6.45) is -0.0244. The van der Waals surface area contributed by atoms with E-state index < -0.39 is 18.0 Å². The largest absolute Gasteiger partial charge is 0.392 e. The molecule has 7 N–H and O–H groups in total. The average Bonchev–Trinajstić information content (AvgIpc) is 2.51. The van der Waals surface area contributed by atoms with Crippen molar-refractivity contribution in [3.63, 3.8) is 0 Å². The van der Waals surface area contributed by atoms with Crippen LogP contribution in [0.1, 0.15) is 6.42 Å². The van der Waals surface area contributed by atoms with Gasteiger partial charge in [0.2, 0.25) is 0 Å². The zero-order valence-corrected chi connectivity index (χ0v) is 7.48. The van der Waals surface area contributed by atoms with Crippen LogP contribution in [0.2, 0.25) is 0 Å². The molecule has 1 rings (SSSR count). The number of ether oxygens (including phenoxy) is 1. The van der Waals surface area contributed by atoms with Crippen molar-refractivity contribution in [3.05, 3.63) is 0 Å². The highest BCUT2D eigenvalue weighted by Gasteiger charge is 2.32. The van der Waals surface area contributed by atoms with E-state index in [1.165, 1.54) is 0 Å². The Morgan fingerprint density at radius 3 is 2.73 bits per heavy atom. The summed E-state index contributed by atoms with van der Waals surface area (Å²) in [5.74, 6) is 3.47. The Labute approximate surface area is 83.6 Å². The third kappa shape index (κ3) is 3.82. The standard InChI is InChI=1S/C4H10N8O3/c5-7-9-11-12-10-8-6-2-1-3(13)15-4(2)14/h2H,1H2,(H4,5,8,9,12)(H3,6,7,10,11). The lowest BCUT2D eigenvalue weighted by Crippen LogP contribution is -2.57. The molecule has 84 valence electrons. The molecule has 15 heavy (non-hydrogen) atoms. The van der Waals surface area contributed by atoms with Crippen molar-refractivity contribution in [2.24, 2.45) is 16.3 Å². The Bertz CT molecular complexity index is 267. The van der Waals surface area contributed by atoms with E-state index in [9.17, 15) is 9.59 Å². The smallest absolute Gasteiger partial charge is 0.332 e. The van der Waals surface area contributed by atoms with E-state index in [4.69, 9.17) is 0 Å². The van der Waals surface area contributed by atoms with Crippen LogP contribution in [0.4, 0.5) is 0 Å². The number of carbonyl (C=O) groups excluding carboxylic acids is 2. The van der Waals surface area contributed by atoms with Gasteiger partial charge in [0, 0.05) is 0 Å². The minimum absolute atomic E-state index is 0.0244. The molecule has 11 nitrogen and oxygen atoms in total. The van der Waals surface area contributed by atoms with Gasteiger partial charge in [0.25, 0.3) is 0 Å². The number of rotatable bonds is 6. The number of hydrazine groups is 4. The molecule has 1 aliphatic rings. The summed E-state index contributed by atoms with van der Waals surface area (Å²) in [7, 11) is 0. The van der Waals surface area contributed by atoms with Gasteiger partial charge in [0.15, 0.2) is 0 Å². The highest BCUT2D eigenvalue weighted by atomic mass is 16.6. The van der Waals surface area contributed by atoms with Crippen LogP contribution in [0.5, 0.6) is 0 Å². The van der Waals surface area contributed by atoms with Crippen molar-refractivity contribution < 1.29 is 14.3 Å². The molecule has 1 aliphatic heterocycles. The second kappa shape index (κ2) is 5.82. The van der Waals surface area contributed by atoms with E-state index in [0.29, 0.717) is 0 Å². The number of hydrogen-bond acceptors (Lipinski definition) is 9. The Kier molecular flexibility index (Phi) is 4.36. The summed E-state index contributed by atoms with van der Waals surface area (Å²) in [4.78, 5) is 21.5. The van der Waals surface area contributed by atoms with Crippen molar-refractivity contribution in [2.45, 2.75) is 12.5 Å². The van der Waals surface area contributed by atoms with Gasteiger partial charge in [0.05, 0.1) is 6.42 Å². The summed E-state index contributed by atoms with van der Waals surface area (Å²) in [6, 6.07) is -0.720. The monoisotopic (exact) mass is 218 g/mol. The second-order valence-electron chi connectivity index (χ2n) is 2.40. The van der Waals surface area contributed by atoms with E-state index in [1.807, 2.05) is 0 Å². The minimum Gasteiger partial charge on any atom is -0.392 e. The predicted octanol–water partition coefficient (Wildman–Crippen LogP) is -3.32. The van der Waals surface area contributed by atoms with Crippen molar-refractivity contribution in [3.8, 4) is 0 Å². The van der Waals surface area contributed by atoms with Gasteiger partial charge in [-0.2, -0.15) is 11.1 Å². The topological polar surface area (TPSA) is 154 Å². The molecule has 1 atom stereocenters. The number of nitrogens with one attached hydrogen (secondary N) is 5. The maximum Gasteiger partial charge on any atom is 0.332 e. The Morgan fingerprint density at radius 2 is 2.13 bits per heavy atom. The van der Waals surface area contributed by atoms with Crippen molar-refractivity contribution in [1.29, 1.82) is 0 Å². The molecule has 0 aromatic carbocycles. The Hall–Kier alpha value is -1.82. The average molecular weight is 218 g/mol. The van der Waals surface area contributed by atoms with Crippen LogP contribution in [-0.2, 0) is 14.3 Å². The number of nitrogens with zero attached hydrogens (tertiary/aromatic N) is 2. The summed E-state index contributed by atoms with van der Waals surface area (Å²) in [5.41, 5.74) is 11.6. The molecular weight excluding hydrogens is 208 g/mol. The Balaban J connectivity index is 2.05. The van der Waals surface area contributed by atoms with Gasteiger partial charge < -0.3 is 10.6 Å². The lowest BCUT2D eigenvalue weighted by atomic mass is 10.3. The van der Waals surface area contributed by atoms with Crippen molar-refractivity contribution in [2.75, 3.05) is 0 Å². The fourth-order valence-corrected chi connectivity index (χ4v) is 0.821. The highest BCUT2D eigenvalue weighted by Crippen LogP contribution is 2.05. The first kappa shape index (κ1) is 11.3. The zero-order chi connectivity index (χ0) is 11.1. The Morgan fingerprint density at radius 1 is 1.33 bits per heavy atom. The van der Waals surface area contributed by atoms with Crippen molar-refractivity contribution in [1.82, 2.24) is 27.6 Å². The minimum atomic E-state index is -0.720. The molecule has 11 heteroatoms. The molecule has 1 heterocycles. The molecule has 0 aromatic rings. The van der Waals surface area contributed by atoms with Gasteiger partial charge in [-0.1, -0.05) is 5.22 Å². The highest BCUT2D eigenvalue weighted by molar-refractivity contribution is 5.96. The van der Waals surface area contributed by atoms with Crippen LogP contribution in [0.3, 0.4) is 0 Å². The van der Waals surface area contributed by atoms with E-state index >= 15 is 0 Å². The third-order valence-corrected chi connectivity index (χ3v) is 1.40. The number of cyclic esters (lactones) is 2. The number of nitrogens with two attached hydrogens (primary N) is 1. The summed E-state index contributed by atoms with van der Waals surface area (Å²) >= 11 is 0. The molecule has 1 unspecified atom stereocenters. The maximum atomic E-state index is 10.9. The third-order valence-electron chi connectivity index (χ3n) is 1.40. The maximum absolute atomic E-state index is 10.9. The first-order valence-corrected chi connectivity index (χ1v) is 3.84. The molecule has 0 aliphatic carbocycles.